The van der Waals surface area contributed by atoms with Crippen LogP contribution < -0.4 is 0 Å². The van der Waals surface area contributed by atoms with E-state index >= 15 is 0 Å². The smallest absolute Gasteiger partial charge is 0.360 e. The first-order valence-corrected chi connectivity index (χ1v) is 5.24. The van der Waals surface area contributed by atoms with Crippen molar-refractivity contribution in [1.29, 1.82) is 0 Å². The van der Waals surface area contributed by atoms with Crippen LogP contribution in [0.5, 0.6) is 0 Å². The molecule has 1 N–H and O–H groups in total. The number of ether oxygens (including phenoxy) is 1. The van der Waals surface area contributed by atoms with Gasteiger partial charge in [0.1, 0.15) is 0 Å². The summed E-state index contributed by atoms with van der Waals surface area (Å²) < 4.78 is 4.99. The monoisotopic (exact) mass is 232 g/mol. The van der Waals surface area contributed by atoms with E-state index in [1.54, 1.807) is 6.07 Å². The lowest BCUT2D eigenvalue weighted by molar-refractivity contribution is -0.124. The van der Waals surface area contributed by atoms with E-state index in [-0.39, 0.29) is 11.5 Å². The van der Waals surface area contributed by atoms with Crippen molar-refractivity contribution in [2.75, 3.05) is 0 Å². The predicted octanol–water partition coefficient (Wildman–Crippen LogP) is 1.70. The Hall–Kier alpha value is -2.17. The highest BCUT2D eigenvalue weighted by Gasteiger charge is 2.19. The Morgan fingerprint density at radius 1 is 1.35 bits per heavy atom. The molecule has 5 heteroatoms. The minimum Gasteiger partial charge on any atom is -0.450 e. The number of benzene rings is 1. The van der Waals surface area contributed by atoms with Crippen LogP contribution in [0.1, 0.15) is 24.3 Å². The largest absolute Gasteiger partial charge is 0.450 e. The van der Waals surface area contributed by atoms with Gasteiger partial charge >= 0.3 is 5.97 Å². The van der Waals surface area contributed by atoms with Gasteiger partial charge in [-0.15, -0.1) is 0 Å². The molecule has 1 aromatic carbocycles. The topological polar surface area (TPSA) is 72.1 Å². The molecule has 0 aliphatic carbocycles. The molecule has 0 fully saturated rings. The molecule has 0 aliphatic heterocycles. The van der Waals surface area contributed by atoms with Crippen LogP contribution >= 0.6 is 0 Å². The average Bonchev–Trinajstić information content (AvgIpc) is 2.72. The molecule has 2 rings (SSSR count). The van der Waals surface area contributed by atoms with E-state index in [4.69, 9.17) is 4.74 Å². The number of ketones is 1. The minimum atomic E-state index is -0.752. The molecule has 0 bridgehead atoms. The molecule has 0 radical (unpaired) electrons. The maximum Gasteiger partial charge on any atom is 0.360 e. The van der Waals surface area contributed by atoms with Gasteiger partial charge in [0.2, 0.25) is 0 Å². The molecule has 0 aliphatic rings. The summed E-state index contributed by atoms with van der Waals surface area (Å²) in [4.78, 5) is 22.8. The van der Waals surface area contributed by atoms with E-state index in [2.05, 4.69) is 10.2 Å². The van der Waals surface area contributed by atoms with Gasteiger partial charge in [0.15, 0.2) is 17.6 Å². The van der Waals surface area contributed by atoms with Crippen molar-refractivity contribution < 1.29 is 14.3 Å². The number of hydrogen-bond donors (Lipinski definition) is 1. The van der Waals surface area contributed by atoms with Gasteiger partial charge in [-0.3, -0.25) is 9.89 Å². The Morgan fingerprint density at radius 2 is 2.06 bits per heavy atom. The first-order chi connectivity index (χ1) is 8.09. The van der Waals surface area contributed by atoms with Gasteiger partial charge in [0.05, 0.1) is 5.52 Å². The number of esters is 1. The van der Waals surface area contributed by atoms with E-state index in [1.165, 1.54) is 13.8 Å². The van der Waals surface area contributed by atoms with Crippen molar-refractivity contribution in [3.05, 3.63) is 30.0 Å². The van der Waals surface area contributed by atoms with E-state index < -0.39 is 12.1 Å². The van der Waals surface area contributed by atoms with E-state index in [0.717, 1.165) is 5.52 Å². The molecule has 2 aromatic rings. The predicted molar refractivity (Wildman–Crippen MR) is 61.7 cm³/mol. The zero-order valence-corrected chi connectivity index (χ0v) is 9.56. The van der Waals surface area contributed by atoms with Crippen LogP contribution in [0.15, 0.2) is 24.3 Å². The fraction of sp³-hybridized carbons (Fsp3) is 0.250. The van der Waals surface area contributed by atoms with Gasteiger partial charge in [0, 0.05) is 5.39 Å². The quantitative estimate of drug-likeness (QED) is 0.817. The number of carbonyl (C=O) groups excluding carboxylic acids is 2. The fourth-order valence-corrected chi connectivity index (χ4v) is 1.42. The van der Waals surface area contributed by atoms with Crippen LogP contribution in [0.3, 0.4) is 0 Å². The Bertz CT molecular complexity index is 574. The number of nitrogens with one attached hydrogen (secondary N) is 1. The summed E-state index contributed by atoms with van der Waals surface area (Å²) in [5.74, 6) is -0.789. The van der Waals surface area contributed by atoms with Crippen LogP contribution in [0.4, 0.5) is 0 Å². The highest BCUT2D eigenvalue weighted by molar-refractivity contribution is 6.02. The second-order valence-corrected chi connectivity index (χ2v) is 3.78. The third-order valence-corrected chi connectivity index (χ3v) is 2.52. The lowest BCUT2D eigenvalue weighted by atomic mass is 10.2. The Balaban J connectivity index is 2.28. The Morgan fingerprint density at radius 3 is 2.76 bits per heavy atom. The SMILES string of the molecule is CC(=O)[C@H](C)OC(=O)c1n[nH]c2ccccc12. The molecule has 1 aromatic heterocycles. The summed E-state index contributed by atoms with van der Waals surface area (Å²) in [5.41, 5.74) is 0.962. The number of H-pyrrole nitrogens is 1. The molecule has 1 atom stereocenters. The van der Waals surface area contributed by atoms with Gasteiger partial charge in [0.25, 0.3) is 0 Å². The first kappa shape index (κ1) is 11.3. The normalized spacial score (nSPS) is 12.4. The Labute approximate surface area is 97.8 Å². The van der Waals surface area contributed by atoms with Gasteiger partial charge in [-0.05, 0) is 19.9 Å². The number of Topliss-reactive ketones (excluding diaryl/α,β-unsaturated/α-hetero) is 1. The summed E-state index contributed by atoms with van der Waals surface area (Å²) in [6.07, 6.45) is -0.752. The Kier molecular flexibility index (Phi) is 2.91. The maximum atomic E-state index is 11.8. The number of fused-ring (bicyclic) bond motifs is 1. The van der Waals surface area contributed by atoms with Crippen molar-refractivity contribution in [2.24, 2.45) is 0 Å². The van der Waals surface area contributed by atoms with Crippen LogP contribution in [0, 0.1) is 0 Å². The fourth-order valence-electron chi connectivity index (χ4n) is 1.42. The number of hydrogen-bond acceptors (Lipinski definition) is 4. The second kappa shape index (κ2) is 4.37. The van der Waals surface area contributed by atoms with Crippen molar-refractivity contribution in [1.82, 2.24) is 10.2 Å². The van der Waals surface area contributed by atoms with Crippen molar-refractivity contribution >= 4 is 22.7 Å². The molecule has 0 saturated heterocycles. The molecule has 88 valence electrons. The van der Waals surface area contributed by atoms with Crippen LogP contribution in [-0.2, 0) is 9.53 Å². The van der Waals surface area contributed by atoms with Crippen molar-refractivity contribution in [3.63, 3.8) is 0 Å². The lowest BCUT2D eigenvalue weighted by Crippen LogP contribution is -2.22. The number of aromatic nitrogens is 2. The standard InChI is InChI=1S/C12H12N2O3/c1-7(15)8(2)17-12(16)11-9-5-3-4-6-10(9)13-14-11/h3-6,8H,1-2H3,(H,13,14)/t8-/m0/s1. The highest BCUT2D eigenvalue weighted by Crippen LogP contribution is 2.16. The third-order valence-electron chi connectivity index (χ3n) is 2.52. The number of rotatable bonds is 3. The van der Waals surface area contributed by atoms with Crippen LogP contribution in [0.25, 0.3) is 10.9 Å². The summed E-state index contributed by atoms with van der Waals surface area (Å²) in [6.45, 7) is 2.91. The first-order valence-electron chi connectivity index (χ1n) is 5.24. The van der Waals surface area contributed by atoms with E-state index in [9.17, 15) is 9.59 Å². The van der Waals surface area contributed by atoms with Gasteiger partial charge in [-0.25, -0.2) is 4.79 Å². The molecule has 0 spiro atoms. The summed E-state index contributed by atoms with van der Waals surface area (Å²) >= 11 is 0. The zero-order chi connectivity index (χ0) is 12.4. The zero-order valence-electron chi connectivity index (χ0n) is 9.56. The van der Waals surface area contributed by atoms with Crippen molar-refractivity contribution in [2.45, 2.75) is 20.0 Å². The highest BCUT2D eigenvalue weighted by atomic mass is 16.5. The van der Waals surface area contributed by atoms with E-state index in [0.29, 0.717) is 5.39 Å². The number of aromatic amines is 1. The van der Waals surface area contributed by atoms with Gasteiger partial charge < -0.3 is 4.74 Å². The van der Waals surface area contributed by atoms with Gasteiger partial charge in [-0.1, -0.05) is 18.2 Å². The summed E-state index contributed by atoms with van der Waals surface area (Å²) in [7, 11) is 0. The molecular weight excluding hydrogens is 220 g/mol. The lowest BCUT2D eigenvalue weighted by Gasteiger charge is -2.08. The number of para-hydroxylation sites is 1. The molecule has 0 unspecified atom stereocenters. The molecule has 1 heterocycles. The maximum absolute atomic E-state index is 11.8. The molecule has 17 heavy (non-hydrogen) atoms. The van der Waals surface area contributed by atoms with E-state index in [1.807, 2.05) is 18.2 Å². The van der Waals surface area contributed by atoms with Gasteiger partial charge in [-0.2, -0.15) is 5.10 Å². The van der Waals surface area contributed by atoms with Crippen LogP contribution in [0.2, 0.25) is 0 Å². The number of nitrogens with zero attached hydrogens (tertiary/aromatic N) is 1. The molecule has 0 amide bonds. The molecule has 0 saturated carbocycles. The van der Waals surface area contributed by atoms with Crippen molar-refractivity contribution in [3.8, 4) is 0 Å². The summed E-state index contributed by atoms with van der Waals surface area (Å²) in [5, 5.41) is 7.32. The summed E-state index contributed by atoms with van der Waals surface area (Å²) in [6, 6.07) is 7.23. The molecule has 5 nitrogen and oxygen atoms in total. The minimum absolute atomic E-state index is 0.196. The second-order valence-electron chi connectivity index (χ2n) is 3.78. The van der Waals surface area contributed by atoms with Crippen LogP contribution in [-0.4, -0.2) is 28.1 Å². The third kappa shape index (κ3) is 2.18. The molecular formula is C12H12N2O3. The number of carbonyl (C=O) groups is 2. The average molecular weight is 232 g/mol.